The lowest BCUT2D eigenvalue weighted by molar-refractivity contribution is 0.0685. The maximum atomic E-state index is 11.6. The molecule has 94 valence electrons. The van der Waals surface area contributed by atoms with E-state index in [0.29, 0.717) is 0 Å². The first-order valence-electron chi connectivity index (χ1n) is 4.73. The van der Waals surface area contributed by atoms with Gasteiger partial charge in [0.2, 0.25) is 9.84 Å². The molecule has 0 aliphatic carbocycles. The standard InChI is InChI=1S/C9H12N2O5S/c1-5(2)17(15,16)9(14)6-4-7(8(12)13)11(3)10-6/h4-5H,1-3H3,(H,12,13). The second-order valence-corrected chi connectivity index (χ2v) is 6.13. The molecular weight excluding hydrogens is 248 g/mol. The third kappa shape index (κ3) is 2.36. The minimum atomic E-state index is -3.97. The second-order valence-electron chi connectivity index (χ2n) is 3.72. The van der Waals surface area contributed by atoms with Gasteiger partial charge < -0.3 is 5.11 Å². The van der Waals surface area contributed by atoms with Crippen molar-refractivity contribution in [3.8, 4) is 0 Å². The van der Waals surface area contributed by atoms with E-state index >= 15 is 0 Å². The Labute approximate surface area is 98.0 Å². The van der Waals surface area contributed by atoms with E-state index in [2.05, 4.69) is 5.10 Å². The molecule has 1 aromatic rings. The molecule has 0 unspecified atom stereocenters. The summed E-state index contributed by atoms with van der Waals surface area (Å²) in [5.74, 6) is -1.28. The average Bonchev–Trinajstić information content (AvgIpc) is 2.58. The van der Waals surface area contributed by atoms with Crippen LogP contribution in [0.2, 0.25) is 0 Å². The first kappa shape index (κ1) is 13.4. The number of nitrogens with zero attached hydrogens (tertiary/aromatic N) is 2. The highest BCUT2D eigenvalue weighted by Crippen LogP contribution is 2.11. The van der Waals surface area contributed by atoms with Crippen molar-refractivity contribution < 1.29 is 23.1 Å². The van der Waals surface area contributed by atoms with Crippen molar-refractivity contribution in [1.82, 2.24) is 9.78 Å². The molecular formula is C9H12N2O5S. The van der Waals surface area contributed by atoms with E-state index in [4.69, 9.17) is 5.11 Å². The van der Waals surface area contributed by atoms with Crippen LogP contribution < -0.4 is 0 Å². The van der Waals surface area contributed by atoms with Crippen LogP contribution in [0, 0.1) is 0 Å². The minimum Gasteiger partial charge on any atom is -0.477 e. The van der Waals surface area contributed by atoms with Crippen LogP contribution in [0.4, 0.5) is 0 Å². The Morgan fingerprint density at radius 3 is 2.29 bits per heavy atom. The summed E-state index contributed by atoms with van der Waals surface area (Å²) in [6.07, 6.45) is 0. The van der Waals surface area contributed by atoms with Crippen LogP contribution in [0.3, 0.4) is 0 Å². The van der Waals surface area contributed by atoms with Crippen LogP contribution in [-0.4, -0.2) is 39.6 Å². The van der Waals surface area contributed by atoms with Crippen LogP contribution in [0.15, 0.2) is 6.07 Å². The molecule has 7 nitrogen and oxygen atoms in total. The van der Waals surface area contributed by atoms with E-state index in [9.17, 15) is 18.0 Å². The van der Waals surface area contributed by atoms with Crippen molar-refractivity contribution in [3.63, 3.8) is 0 Å². The summed E-state index contributed by atoms with van der Waals surface area (Å²) in [6, 6.07) is 0.949. The summed E-state index contributed by atoms with van der Waals surface area (Å²) < 4.78 is 24.1. The summed E-state index contributed by atoms with van der Waals surface area (Å²) in [6.45, 7) is 2.74. The molecule has 0 radical (unpaired) electrons. The van der Waals surface area contributed by atoms with Gasteiger partial charge in [0.15, 0.2) is 0 Å². The lowest BCUT2D eigenvalue weighted by Gasteiger charge is -2.03. The highest BCUT2D eigenvalue weighted by molar-refractivity contribution is 8.07. The third-order valence-corrected chi connectivity index (χ3v) is 4.15. The SMILES string of the molecule is CC(C)S(=O)(=O)C(=O)c1cc(C(=O)O)n(C)n1. The van der Waals surface area contributed by atoms with E-state index in [1.807, 2.05) is 0 Å². The predicted molar refractivity (Wildman–Crippen MR) is 58.6 cm³/mol. The smallest absolute Gasteiger partial charge is 0.354 e. The minimum absolute atomic E-state index is 0.243. The molecule has 1 aromatic heterocycles. The number of aromatic nitrogens is 2. The van der Waals surface area contributed by atoms with Gasteiger partial charge in [0, 0.05) is 13.1 Å². The summed E-state index contributed by atoms with van der Waals surface area (Å²) in [7, 11) is -2.65. The zero-order chi connectivity index (χ0) is 13.4. The highest BCUT2D eigenvalue weighted by Gasteiger charge is 2.30. The highest BCUT2D eigenvalue weighted by atomic mass is 32.2. The second kappa shape index (κ2) is 4.28. The van der Waals surface area contributed by atoms with Crippen LogP contribution in [0.5, 0.6) is 0 Å². The van der Waals surface area contributed by atoms with Gasteiger partial charge in [-0.25, -0.2) is 13.2 Å². The Balaban J connectivity index is 3.24. The summed E-state index contributed by atoms with van der Waals surface area (Å²) in [5.41, 5.74) is -0.620. The number of carboxylic acid groups (broad SMARTS) is 1. The van der Waals surface area contributed by atoms with Crippen molar-refractivity contribution in [1.29, 1.82) is 0 Å². The average molecular weight is 260 g/mol. The molecule has 0 aromatic carbocycles. The molecule has 0 fully saturated rings. The molecule has 8 heteroatoms. The summed E-state index contributed by atoms with van der Waals surface area (Å²) in [5, 5.41) is 10.3. The van der Waals surface area contributed by atoms with Gasteiger partial charge in [0.1, 0.15) is 11.4 Å². The van der Waals surface area contributed by atoms with Gasteiger partial charge in [-0.1, -0.05) is 0 Å². The number of hydrogen-bond acceptors (Lipinski definition) is 5. The predicted octanol–water partition coefficient (Wildman–Crippen LogP) is 0.0817. The number of rotatable bonds is 3. The van der Waals surface area contributed by atoms with Crippen molar-refractivity contribution in [2.45, 2.75) is 19.1 Å². The monoisotopic (exact) mass is 260 g/mol. The fourth-order valence-corrected chi connectivity index (χ4v) is 1.95. The molecule has 0 saturated carbocycles. The van der Waals surface area contributed by atoms with E-state index in [1.165, 1.54) is 20.9 Å². The van der Waals surface area contributed by atoms with E-state index in [1.54, 1.807) is 0 Å². The zero-order valence-electron chi connectivity index (χ0n) is 9.54. The summed E-state index contributed by atoms with van der Waals surface area (Å²) >= 11 is 0. The zero-order valence-corrected chi connectivity index (χ0v) is 10.4. The molecule has 0 amide bonds. The number of aromatic carboxylic acids is 1. The van der Waals surface area contributed by atoms with Crippen molar-refractivity contribution in [2.24, 2.45) is 7.05 Å². The molecule has 0 aliphatic heterocycles. The quantitative estimate of drug-likeness (QED) is 0.825. The number of hydrogen-bond donors (Lipinski definition) is 1. The van der Waals surface area contributed by atoms with Crippen LogP contribution >= 0.6 is 0 Å². The number of carboxylic acids is 1. The van der Waals surface area contributed by atoms with Crippen LogP contribution in [0.25, 0.3) is 0 Å². The Bertz CT molecular complexity index is 570. The molecule has 1 heterocycles. The third-order valence-electron chi connectivity index (χ3n) is 2.19. The Kier molecular flexibility index (Phi) is 3.37. The van der Waals surface area contributed by atoms with E-state index < -0.39 is 26.2 Å². The van der Waals surface area contributed by atoms with Crippen LogP contribution in [-0.2, 0) is 16.9 Å². The Morgan fingerprint density at radius 2 is 1.94 bits per heavy atom. The molecule has 0 atom stereocenters. The van der Waals surface area contributed by atoms with Gasteiger partial charge in [-0.15, -0.1) is 0 Å². The van der Waals surface area contributed by atoms with Gasteiger partial charge in [-0.2, -0.15) is 5.10 Å². The molecule has 0 saturated heterocycles. The number of carbonyl (C=O) groups excluding carboxylic acids is 1. The molecule has 0 aliphatic rings. The Hall–Kier alpha value is -1.70. The maximum Gasteiger partial charge on any atom is 0.354 e. The Morgan fingerprint density at radius 1 is 1.41 bits per heavy atom. The topological polar surface area (TPSA) is 106 Å². The lowest BCUT2D eigenvalue weighted by atomic mass is 10.4. The molecule has 0 bridgehead atoms. The number of sulfone groups is 1. The van der Waals surface area contributed by atoms with Gasteiger partial charge in [-0.05, 0) is 13.8 Å². The fraction of sp³-hybridized carbons (Fsp3) is 0.444. The fourth-order valence-electron chi connectivity index (χ4n) is 1.13. The lowest BCUT2D eigenvalue weighted by Crippen LogP contribution is -2.24. The largest absolute Gasteiger partial charge is 0.477 e. The van der Waals surface area contributed by atoms with Gasteiger partial charge in [0.25, 0.3) is 5.12 Å². The van der Waals surface area contributed by atoms with E-state index in [0.717, 1.165) is 10.7 Å². The van der Waals surface area contributed by atoms with Gasteiger partial charge >= 0.3 is 5.97 Å². The molecule has 1 rings (SSSR count). The van der Waals surface area contributed by atoms with Crippen LogP contribution in [0.1, 0.15) is 34.8 Å². The van der Waals surface area contributed by atoms with E-state index in [-0.39, 0.29) is 11.4 Å². The van der Waals surface area contributed by atoms with Crippen molar-refractivity contribution in [2.75, 3.05) is 0 Å². The summed E-state index contributed by atoms with van der Waals surface area (Å²) in [4.78, 5) is 22.4. The van der Waals surface area contributed by atoms with Gasteiger partial charge in [0.05, 0.1) is 5.25 Å². The molecule has 0 spiro atoms. The first-order valence-corrected chi connectivity index (χ1v) is 6.28. The number of carbonyl (C=O) groups is 2. The normalized spacial score (nSPS) is 11.8. The number of aryl methyl sites for hydroxylation is 1. The van der Waals surface area contributed by atoms with Crippen molar-refractivity contribution in [3.05, 3.63) is 17.5 Å². The van der Waals surface area contributed by atoms with Crippen molar-refractivity contribution >= 4 is 20.9 Å². The van der Waals surface area contributed by atoms with Gasteiger partial charge in [-0.3, -0.25) is 9.48 Å². The molecule has 1 N–H and O–H groups in total. The maximum absolute atomic E-state index is 11.6. The first-order chi connectivity index (χ1) is 7.67. The molecule has 17 heavy (non-hydrogen) atoms.